The molecule has 3 aromatic carbocycles. The Balaban J connectivity index is 1.48. The minimum atomic E-state index is -0.925. The molecule has 0 atom stereocenters. The first-order valence-electron chi connectivity index (χ1n) is 10.8. The van der Waals surface area contributed by atoms with Crippen LogP contribution in [0.1, 0.15) is 56.6 Å². The van der Waals surface area contributed by atoms with Gasteiger partial charge in [0.05, 0.1) is 6.61 Å². The predicted molar refractivity (Wildman–Crippen MR) is 118 cm³/mol. The monoisotopic (exact) mass is 406 g/mol. The van der Waals surface area contributed by atoms with Crippen LogP contribution in [0, 0.1) is 11.6 Å². The highest BCUT2D eigenvalue weighted by molar-refractivity contribution is 5.65. The molecule has 0 bridgehead atoms. The molecule has 1 nitrogen and oxygen atoms in total. The highest BCUT2D eigenvalue weighted by Crippen LogP contribution is 2.45. The van der Waals surface area contributed by atoms with Crippen molar-refractivity contribution in [3.05, 3.63) is 89.5 Å². The van der Waals surface area contributed by atoms with Crippen LogP contribution in [0.4, 0.5) is 8.78 Å². The summed E-state index contributed by atoms with van der Waals surface area (Å²) in [5.41, 5.74) is 3.89. The van der Waals surface area contributed by atoms with E-state index in [2.05, 4.69) is 49.4 Å². The molecule has 1 aliphatic carbocycles. The van der Waals surface area contributed by atoms with Gasteiger partial charge in [0, 0.05) is 5.56 Å². The maximum absolute atomic E-state index is 14.5. The zero-order valence-corrected chi connectivity index (χ0v) is 17.6. The predicted octanol–water partition coefficient (Wildman–Crippen LogP) is 7.65. The van der Waals surface area contributed by atoms with E-state index >= 15 is 0 Å². The summed E-state index contributed by atoms with van der Waals surface area (Å²) < 4.78 is 33.9. The van der Waals surface area contributed by atoms with E-state index in [4.69, 9.17) is 4.74 Å². The third-order valence-corrected chi connectivity index (χ3v) is 6.60. The van der Waals surface area contributed by atoms with Gasteiger partial charge < -0.3 is 4.74 Å². The molecule has 156 valence electrons. The summed E-state index contributed by atoms with van der Waals surface area (Å²) in [5, 5.41) is 0. The van der Waals surface area contributed by atoms with E-state index in [1.54, 1.807) is 13.0 Å². The molecule has 0 amide bonds. The lowest BCUT2D eigenvalue weighted by atomic mass is 9.67. The summed E-state index contributed by atoms with van der Waals surface area (Å²) in [7, 11) is 0. The topological polar surface area (TPSA) is 9.23 Å². The van der Waals surface area contributed by atoms with Crippen molar-refractivity contribution in [1.29, 1.82) is 0 Å². The van der Waals surface area contributed by atoms with Gasteiger partial charge in [-0.15, -0.1) is 0 Å². The zero-order chi connectivity index (χ0) is 21.1. The quantitative estimate of drug-likeness (QED) is 0.423. The van der Waals surface area contributed by atoms with Gasteiger partial charge in [-0.25, -0.2) is 4.39 Å². The molecule has 1 saturated carbocycles. The summed E-state index contributed by atoms with van der Waals surface area (Å²) >= 11 is 0. The lowest BCUT2D eigenvalue weighted by Crippen LogP contribution is -2.27. The highest BCUT2D eigenvalue weighted by Gasteiger charge is 2.33. The van der Waals surface area contributed by atoms with Crippen molar-refractivity contribution in [3.63, 3.8) is 0 Å². The van der Waals surface area contributed by atoms with E-state index in [0.29, 0.717) is 18.1 Å². The van der Waals surface area contributed by atoms with Crippen LogP contribution < -0.4 is 4.74 Å². The third kappa shape index (κ3) is 3.98. The fourth-order valence-electron chi connectivity index (χ4n) is 4.67. The fraction of sp³-hybridized carbons (Fsp3) is 0.333. The molecule has 3 heteroatoms. The Labute approximate surface area is 177 Å². The summed E-state index contributed by atoms with van der Waals surface area (Å²) in [6, 6.07) is 21.8. The second kappa shape index (κ2) is 8.59. The van der Waals surface area contributed by atoms with Crippen LogP contribution in [-0.4, -0.2) is 6.61 Å². The number of benzene rings is 3. The first-order valence-corrected chi connectivity index (χ1v) is 10.8. The van der Waals surface area contributed by atoms with Crippen LogP contribution in [0.15, 0.2) is 66.7 Å². The van der Waals surface area contributed by atoms with E-state index in [1.165, 1.54) is 17.2 Å². The number of hydrogen-bond donors (Lipinski definition) is 0. The Bertz CT molecular complexity index is 987. The molecule has 0 N–H and O–H groups in total. The standard InChI is InChI=1S/C27H28F2O/c1-3-30-24-14-13-23(25(28)26(24)29)21-11-9-19(10-12-21)20-15-17-27(2,18-16-20)22-7-5-4-6-8-22/h4-14,20H,3,15-18H2,1-2H3. The molecule has 0 saturated heterocycles. The van der Waals surface area contributed by atoms with Crippen molar-refractivity contribution in [3.8, 4) is 16.9 Å². The molecular weight excluding hydrogens is 378 g/mol. The van der Waals surface area contributed by atoms with Gasteiger partial charge in [-0.1, -0.05) is 61.5 Å². The van der Waals surface area contributed by atoms with Crippen LogP contribution in [0.3, 0.4) is 0 Å². The van der Waals surface area contributed by atoms with Crippen LogP contribution >= 0.6 is 0 Å². The second-order valence-electron chi connectivity index (χ2n) is 8.50. The van der Waals surface area contributed by atoms with Gasteiger partial charge in [0.25, 0.3) is 0 Å². The molecule has 0 unspecified atom stereocenters. The average molecular weight is 407 g/mol. The normalized spacial score (nSPS) is 21.4. The lowest BCUT2D eigenvalue weighted by Gasteiger charge is -2.38. The van der Waals surface area contributed by atoms with E-state index in [1.807, 2.05) is 12.1 Å². The van der Waals surface area contributed by atoms with Gasteiger partial charge in [0.15, 0.2) is 11.6 Å². The maximum Gasteiger partial charge on any atom is 0.201 e. The van der Waals surface area contributed by atoms with Crippen molar-refractivity contribution in [2.45, 2.75) is 50.9 Å². The van der Waals surface area contributed by atoms with Crippen LogP contribution in [0.2, 0.25) is 0 Å². The Morgan fingerprint density at radius 3 is 2.17 bits per heavy atom. The minimum absolute atomic E-state index is 0.0426. The Morgan fingerprint density at radius 1 is 0.867 bits per heavy atom. The van der Waals surface area contributed by atoms with Gasteiger partial charge in [0.2, 0.25) is 5.82 Å². The van der Waals surface area contributed by atoms with E-state index in [9.17, 15) is 8.78 Å². The Hall–Kier alpha value is -2.68. The lowest BCUT2D eigenvalue weighted by molar-refractivity contribution is 0.292. The first-order chi connectivity index (χ1) is 14.5. The van der Waals surface area contributed by atoms with E-state index < -0.39 is 11.6 Å². The van der Waals surface area contributed by atoms with Gasteiger partial charge in [0.1, 0.15) is 0 Å². The Kier molecular flexibility index (Phi) is 5.90. The van der Waals surface area contributed by atoms with Crippen molar-refractivity contribution in [2.75, 3.05) is 6.61 Å². The zero-order valence-electron chi connectivity index (χ0n) is 17.6. The molecule has 0 heterocycles. The molecule has 3 aromatic rings. The number of ether oxygens (including phenoxy) is 1. The van der Waals surface area contributed by atoms with Crippen LogP contribution in [0.25, 0.3) is 11.1 Å². The number of hydrogen-bond acceptors (Lipinski definition) is 1. The van der Waals surface area contributed by atoms with Crippen LogP contribution in [-0.2, 0) is 5.41 Å². The third-order valence-electron chi connectivity index (χ3n) is 6.60. The molecule has 0 aromatic heterocycles. The van der Waals surface area contributed by atoms with Crippen molar-refractivity contribution in [2.24, 2.45) is 0 Å². The molecule has 1 aliphatic rings. The molecule has 4 rings (SSSR count). The Morgan fingerprint density at radius 2 is 1.53 bits per heavy atom. The van der Waals surface area contributed by atoms with Crippen LogP contribution in [0.5, 0.6) is 5.75 Å². The van der Waals surface area contributed by atoms with Crippen molar-refractivity contribution in [1.82, 2.24) is 0 Å². The molecule has 0 aliphatic heterocycles. The molecule has 0 spiro atoms. The number of rotatable bonds is 5. The molecular formula is C27H28F2O. The summed E-state index contributed by atoms with van der Waals surface area (Å²) in [5.74, 6) is -1.31. The summed E-state index contributed by atoms with van der Waals surface area (Å²) in [4.78, 5) is 0. The minimum Gasteiger partial charge on any atom is -0.491 e. The average Bonchev–Trinajstić information content (AvgIpc) is 2.79. The SMILES string of the molecule is CCOc1ccc(-c2ccc(C3CCC(C)(c4ccccc4)CC3)cc2)c(F)c1F. The van der Waals surface area contributed by atoms with E-state index in [0.717, 1.165) is 25.7 Å². The summed E-state index contributed by atoms with van der Waals surface area (Å²) in [6.07, 6.45) is 4.58. The molecule has 0 radical (unpaired) electrons. The smallest absolute Gasteiger partial charge is 0.201 e. The van der Waals surface area contributed by atoms with Gasteiger partial charge in [-0.05, 0) is 72.8 Å². The van der Waals surface area contributed by atoms with Gasteiger partial charge in [-0.2, -0.15) is 4.39 Å². The van der Waals surface area contributed by atoms with Crippen molar-refractivity contribution < 1.29 is 13.5 Å². The highest BCUT2D eigenvalue weighted by atomic mass is 19.2. The second-order valence-corrected chi connectivity index (χ2v) is 8.50. The first kappa shape index (κ1) is 20.6. The molecule has 1 fully saturated rings. The summed E-state index contributed by atoms with van der Waals surface area (Å²) in [6.45, 7) is 4.41. The van der Waals surface area contributed by atoms with Crippen molar-refractivity contribution >= 4 is 0 Å². The number of halogens is 2. The fourth-order valence-corrected chi connectivity index (χ4v) is 4.67. The maximum atomic E-state index is 14.5. The van der Waals surface area contributed by atoms with Gasteiger partial charge in [-0.3, -0.25) is 0 Å². The largest absolute Gasteiger partial charge is 0.491 e. The molecule has 30 heavy (non-hydrogen) atoms. The van der Waals surface area contributed by atoms with Gasteiger partial charge >= 0.3 is 0 Å². The van der Waals surface area contributed by atoms with E-state index in [-0.39, 0.29) is 16.7 Å².